The molecule has 0 amide bonds. The van der Waals surface area contributed by atoms with Crippen molar-refractivity contribution in [1.82, 2.24) is 14.8 Å². The highest BCUT2D eigenvalue weighted by molar-refractivity contribution is 5.99. The van der Waals surface area contributed by atoms with E-state index in [1.807, 2.05) is 0 Å². The van der Waals surface area contributed by atoms with Crippen LogP contribution in [0, 0.1) is 10.1 Å². The van der Waals surface area contributed by atoms with Crippen molar-refractivity contribution >= 4 is 17.4 Å². The number of nitro benzene ring substituents is 1. The third kappa shape index (κ3) is 2.30. The molecule has 26 heavy (non-hydrogen) atoms. The second-order valence-electron chi connectivity index (χ2n) is 6.07. The minimum atomic E-state index is -0.692. The molecule has 1 atom stereocenters. The van der Waals surface area contributed by atoms with Crippen LogP contribution in [0.1, 0.15) is 30.9 Å². The number of anilines is 1. The summed E-state index contributed by atoms with van der Waals surface area (Å²) < 4.78 is 6.59. The Balaban J connectivity index is 1.96. The molecule has 10 heteroatoms. The highest BCUT2D eigenvalue weighted by atomic mass is 16.6. The highest BCUT2D eigenvalue weighted by Crippen LogP contribution is 2.44. The molecule has 2 N–H and O–H groups in total. The van der Waals surface area contributed by atoms with Gasteiger partial charge in [-0.15, -0.1) is 0 Å². The zero-order valence-electron chi connectivity index (χ0n) is 13.8. The van der Waals surface area contributed by atoms with Gasteiger partial charge in [-0.2, -0.15) is 10.1 Å². The Morgan fingerprint density at radius 1 is 1.42 bits per heavy atom. The molecule has 134 valence electrons. The molecule has 0 fully saturated rings. The third-order valence-electron chi connectivity index (χ3n) is 4.62. The molecule has 1 aliphatic carbocycles. The number of allylic oxidation sites excluding steroid dienone is 2. The molecule has 0 radical (unpaired) electrons. The smallest absolute Gasteiger partial charge is 0.315 e. The van der Waals surface area contributed by atoms with Crippen LogP contribution in [0.4, 0.5) is 11.6 Å². The van der Waals surface area contributed by atoms with Gasteiger partial charge in [-0.1, -0.05) is 0 Å². The molecule has 0 spiro atoms. The summed E-state index contributed by atoms with van der Waals surface area (Å²) in [6.45, 7) is 0. The number of nitro groups is 1. The minimum absolute atomic E-state index is 0.0418. The van der Waals surface area contributed by atoms with Crippen LogP contribution in [0.5, 0.6) is 11.5 Å². The molecule has 2 aliphatic rings. The Labute approximate surface area is 147 Å². The lowest BCUT2D eigenvalue weighted by atomic mass is 9.85. The molecule has 1 aromatic heterocycles. The van der Waals surface area contributed by atoms with E-state index in [2.05, 4.69) is 15.4 Å². The van der Waals surface area contributed by atoms with Gasteiger partial charge in [0.2, 0.25) is 11.7 Å². The summed E-state index contributed by atoms with van der Waals surface area (Å²) in [5, 5.41) is 28.7. The first kappa shape index (κ1) is 16.1. The SMILES string of the molecule is COc1cc([C@@H]2C3=C(CCCC3=O)Nc3ncnn32)cc([N+](=O)[O-])c1O. The summed E-state index contributed by atoms with van der Waals surface area (Å²) in [6, 6.07) is 2.05. The highest BCUT2D eigenvalue weighted by Gasteiger charge is 2.37. The molecule has 1 aliphatic heterocycles. The predicted molar refractivity (Wildman–Crippen MR) is 89.0 cm³/mol. The van der Waals surface area contributed by atoms with E-state index in [1.54, 1.807) is 0 Å². The molecule has 1 aromatic carbocycles. The van der Waals surface area contributed by atoms with Crippen LogP contribution >= 0.6 is 0 Å². The minimum Gasteiger partial charge on any atom is -0.500 e. The van der Waals surface area contributed by atoms with Crippen molar-refractivity contribution in [3.63, 3.8) is 0 Å². The second kappa shape index (κ2) is 5.83. The zero-order chi connectivity index (χ0) is 18.4. The molecular weight excluding hydrogens is 342 g/mol. The van der Waals surface area contributed by atoms with E-state index in [9.17, 15) is 20.0 Å². The molecule has 2 heterocycles. The van der Waals surface area contributed by atoms with Gasteiger partial charge >= 0.3 is 5.69 Å². The fraction of sp³-hybridized carbons (Fsp3) is 0.312. The third-order valence-corrected chi connectivity index (χ3v) is 4.62. The Morgan fingerprint density at radius 3 is 2.96 bits per heavy atom. The molecule has 10 nitrogen and oxygen atoms in total. The van der Waals surface area contributed by atoms with Gasteiger partial charge in [-0.05, 0) is 24.5 Å². The fourth-order valence-corrected chi connectivity index (χ4v) is 3.47. The number of phenols is 1. The fourth-order valence-electron chi connectivity index (χ4n) is 3.47. The molecule has 0 unspecified atom stereocenters. The summed E-state index contributed by atoms with van der Waals surface area (Å²) in [7, 11) is 1.31. The number of hydrogen-bond donors (Lipinski definition) is 2. The van der Waals surface area contributed by atoms with E-state index in [4.69, 9.17) is 4.74 Å². The first-order valence-electron chi connectivity index (χ1n) is 7.99. The van der Waals surface area contributed by atoms with Crippen molar-refractivity contribution in [2.24, 2.45) is 0 Å². The molecule has 2 aromatic rings. The standard InChI is InChI=1S/C16H15N5O5/c1-26-12-6-8(5-10(15(12)23)21(24)25)14-13-9(3-2-4-11(13)22)19-16-17-7-18-20(14)16/h5-7,14,23H,2-4H2,1H3,(H,17,18,19)/t14-/m1/s1. The van der Waals surface area contributed by atoms with Gasteiger partial charge < -0.3 is 15.2 Å². The van der Waals surface area contributed by atoms with Crippen molar-refractivity contribution in [3.8, 4) is 11.5 Å². The number of benzene rings is 1. The quantitative estimate of drug-likeness (QED) is 0.629. The van der Waals surface area contributed by atoms with Gasteiger partial charge in [-0.25, -0.2) is 4.68 Å². The Hall–Kier alpha value is -3.43. The Bertz CT molecular complexity index is 964. The number of Topliss-reactive ketones (excluding diaryl/α,β-unsaturated/α-hetero) is 1. The van der Waals surface area contributed by atoms with Crippen molar-refractivity contribution in [2.75, 3.05) is 12.4 Å². The lowest BCUT2D eigenvalue weighted by molar-refractivity contribution is -0.386. The maximum atomic E-state index is 12.6. The number of rotatable bonds is 3. The number of fused-ring (bicyclic) bond motifs is 1. The lowest BCUT2D eigenvalue weighted by Gasteiger charge is -2.32. The zero-order valence-corrected chi connectivity index (χ0v) is 13.8. The monoisotopic (exact) mass is 357 g/mol. The van der Waals surface area contributed by atoms with E-state index in [-0.39, 0.29) is 11.5 Å². The first-order chi connectivity index (χ1) is 12.5. The number of nitrogens with one attached hydrogen (secondary N) is 1. The van der Waals surface area contributed by atoms with Gasteiger partial charge in [0.15, 0.2) is 11.5 Å². The Morgan fingerprint density at radius 2 is 2.23 bits per heavy atom. The largest absolute Gasteiger partial charge is 0.500 e. The van der Waals surface area contributed by atoms with E-state index in [0.29, 0.717) is 29.9 Å². The molecule has 0 saturated carbocycles. The van der Waals surface area contributed by atoms with Crippen LogP contribution in [0.15, 0.2) is 29.7 Å². The van der Waals surface area contributed by atoms with E-state index < -0.39 is 22.4 Å². The summed E-state index contributed by atoms with van der Waals surface area (Å²) in [4.78, 5) is 27.4. The van der Waals surface area contributed by atoms with Gasteiger partial charge in [0.05, 0.1) is 12.0 Å². The second-order valence-corrected chi connectivity index (χ2v) is 6.07. The number of hydrogen-bond acceptors (Lipinski definition) is 8. The number of carbonyl (C=O) groups excluding carboxylic acids is 1. The topological polar surface area (TPSA) is 132 Å². The number of ketones is 1. The van der Waals surface area contributed by atoms with Crippen molar-refractivity contribution in [1.29, 1.82) is 0 Å². The summed E-state index contributed by atoms with van der Waals surface area (Å²) >= 11 is 0. The van der Waals surface area contributed by atoms with Gasteiger partial charge in [-0.3, -0.25) is 14.9 Å². The first-order valence-corrected chi connectivity index (χ1v) is 7.99. The van der Waals surface area contributed by atoms with Crippen LogP contribution in [0.25, 0.3) is 0 Å². The van der Waals surface area contributed by atoms with Crippen molar-refractivity contribution < 1.29 is 19.6 Å². The van der Waals surface area contributed by atoms with Gasteiger partial charge in [0.1, 0.15) is 12.4 Å². The maximum absolute atomic E-state index is 12.6. The summed E-state index contributed by atoms with van der Waals surface area (Å²) in [5.74, 6) is -0.185. The van der Waals surface area contributed by atoms with E-state index in [1.165, 1.54) is 30.3 Å². The number of nitrogens with zero attached hydrogens (tertiary/aromatic N) is 4. The number of methoxy groups -OCH3 is 1. The number of aromatic hydroxyl groups is 1. The van der Waals surface area contributed by atoms with Gasteiger partial charge in [0.25, 0.3) is 0 Å². The number of ether oxygens (including phenoxy) is 1. The summed E-state index contributed by atoms with van der Waals surface area (Å²) in [6.07, 6.45) is 3.16. The van der Waals surface area contributed by atoms with Crippen LogP contribution in [0.2, 0.25) is 0 Å². The van der Waals surface area contributed by atoms with Crippen LogP contribution in [-0.2, 0) is 4.79 Å². The maximum Gasteiger partial charge on any atom is 0.315 e. The molecule has 4 rings (SSSR count). The number of phenolic OH excluding ortho intramolecular Hbond substituents is 1. The van der Waals surface area contributed by atoms with Crippen molar-refractivity contribution in [2.45, 2.75) is 25.3 Å². The number of carbonyl (C=O) groups is 1. The van der Waals surface area contributed by atoms with Crippen molar-refractivity contribution in [3.05, 3.63) is 45.4 Å². The van der Waals surface area contributed by atoms with Gasteiger partial charge in [0, 0.05) is 23.8 Å². The average Bonchev–Trinajstić information content (AvgIpc) is 3.08. The van der Waals surface area contributed by atoms with Crippen LogP contribution < -0.4 is 10.1 Å². The normalized spacial score (nSPS) is 18.8. The Kier molecular flexibility index (Phi) is 3.60. The summed E-state index contributed by atoms with van der Waals surface area (Å²) in [5.41, 5.74) is 1.19. The van der Waals surface area contributed by atoms with Crippen LogP contribution in [0.3, 0.4) is 0 Å². The molecule has 0 saturated heterocycles. The van der Waals surface area contributed by atoms with Crippen LogP contribution in [-0.4, -0.2) is 37.7 Å². The van der Waals surface area contributed by atoms with E-state index in [0.717, 1.165) is 12.1 Å². The average molecular weight is 357 g/mol. The molecule has 0 bridgehead atoms. The van der Waals surface area contributed by atoms with E-state index >= 15 is 0 Å². The lowest BCUT2D eigenvalue weighted by Crippen LogP contribution is -2.31. The predicted octanol–water partition coefficient (Wildman–Crippen LogP) is 1.92. The number of aromatic nitrogens is 3. The molecular formula is C16H15N5O5.